The van der Waals surface area contributed by atoms with Crippen molar-refractivity contribution in [2.75, 3.05) is 26.3 Å². The minimum atomic E-state index is -0.283. The van der Waals surface area contributed by atoms with Crippen molar-refractivity contribution in [1.29, 1.82) is 5.26 Å². The number of ether oxygens (including phenoxy) is 1. The lowest BCUT2D eigenvalue weighted by atomic mass is 10.0. The van der Waals surface area contributed by atoms with Crippen LogP contribution in [0.1, 0.15) is 52.4 Å². The number of amides is 1. The van der Waals surface area contributed by atoms with Crippen molar-refractivity contribution < 1.29 is 9.53 Å². The Kier molecular flexibility index (Phi) is 9.33. The molecule has 0 radical (unpaired) electrons. The van der Waals surface area contributed by atoms with Crippen molar-refractivity contribution in [3.8, 4) is 6.07 Å². The highest BCUT2D eigenvalue weighted by Crippen LogP contribution is 2.17. The summed E-state index contributed by atoms with van der Waals surface area (Å²) in [6.45, 7) is 7.15. The zero-order chi connectivity index (χ0) is 16.2. The number of carbonyl (C=O) groups excluding carboxylic acids is 1. The van der Waals surface area contributed by atoms with E-state index in [0.717, 1.165) is 45.3 Å². The van der Waals surface area contributed by atoms with Gasteiger partial charge in [-0.3, -0.25) is 4.79 Å². The van der Waals surface area contributed by atoms with E-state index >= 15 is 0 Å². The molecule has 22 heavy (non-hydrogen) atoms. The Hall–Kier alpha value is -1.54. The molecule has 1 amide bonds. The highest BCUT2D eigenvalue weighted by molar-refractivity contribution is 5.97. The second kappa shape index (κ2) is 11.1. The molecule has 0 bridgehead atoms. The van der Waals surface area contributed by atoms with Gasteiger partial charge in [0.25, 0.3) is 5.91 Å². The van der Waals surface area contributed by atoms with Gasteiger partial charge >= 0.3 is 0 Å². The summed E-state index contributed by atoms with van der Waals surface area (Å²) >= 11 is 0. The van der Waals surface area contributed by atoms with Crippen molar-refractivity contribution >= 4 is 5.91 Å². The Balaban J connectivity index is 2.30. The Morgan fingerprint density at radius 2 is 2.18 bits per heavy atom. The van der Waals surface area contributed by atoms with Crippen molar-refractivity contribution in [1.82, 2.24) is 10.2 Å². The van der Waals surface area contributed by atoms with Gasteiger partial charge in [-0.05, 0) is 39.0 Å². The lowest BCUT2D eigenvalue weighted by molar-refractivity contribution is -0.117. The maximum atomic E-state index is 12.0. The molecule has 1 aliphatic rings. The molecule has 5 nitrogen and oxygen atoms in total. The Morgan fingerprint density at radius 3 is 2.86 bits per heavy atom. The molecule has 0 aliphatic carbocycles. The standard InChI is InChI=1S/C17H29N3O2/c1-3-4-11-22-12-7-9-19-17(21)16(13-18)14-20-10-6-5-8-15(20)2/h14-15H,3-12H2,1-2H3,(H,19,21)/b16-14-. The molecule has 1 N–H and O–H groups in total. The summed E-state index contributed by atoms with van der Waals surface area (Å²) < 4.78 is 5.44. The van der Waals surface area contributed by atoms with Crippen LogP contribution in [0.15, 0.2) is 11.8 Å². The van der Waals surface area contributed by atoms with Crippen LogP contribution >= 0.6 is 0 Å². The van der Waals surface area contributed by atoms with Gasteiger partial charge in [-0.2, -0.15) is 5.26 Å². The van der Waals surface area contributed by atoms with Crippen molar-refractivity contribution in [3.05, 3.63) is 11.8 Å². The highest BCUT2D eigenvalue weighted by atomic mass is 16.5. The van der Waals surface area contributed by atoms with E-state index in [-0.39, 0.29) is 11.5 Å². The highest BCUT2D eigenvalue weighted by Gasteiger charge is 2.17. The number of unbranched alkanes of at least 4 members (excludes halogenated alkanes) is 1. The summed E-state index contributed by atoms with van der Waals surface area (Å²) in [5.74, 6) is -0.283. The first-order valence-electron chi connectivity index (χ1n) is 8.42. The summed E-state index contributed by atoms with van der Waals surface area (Å²) in [5.41, 5.74) is 0.195. The fourth-order valence-corrected chi connectivity index (χ4v) is 2.44. The zero-order valence-corrected chi connectivity index (χ0v) is 13.9. The van der Waals surface area contributed by atoms with Crippen LogP contribution in [0, 0.1) is 11.3 Å². The molecule has 1 unspecified atom stereocenters. The van der Waals surface area contributed by atoms with Crippen LogP contribution in [0.5, 0.6) is 0 Å². The average molecular weight is 307 g/mol. The Bertz CT molecular complexity index is 401. The third-order valence-corrected chi connectivity index (χ3v) is 3.91. The average Bonchev–Trinajstić information content (AvgIpc) is 2.53. The van der Waals surface area contributed by atoms with E-state index in [9.17, 15) is 10.1 Å². The first kappa shape index (κ1) is 18.5. The molecule has 1 rings (SSSR count). The normalized spacial score (nSPS) is 18.9. The second-order valence-corrected chi connectivity index (χ2v) is 5.81. The maximum absolute atomic E-state index is 12.0. The quantitative estimate of drug-likeness (QED) is 0.404. The molecular formula is C17H29N3O2. The molecule has 5 heteroatoms. The van der Waals surface area contributed by atoms with E-state index in [1.165, 1.54) is 6.42 Å². The van der Waals surface area contributed by atoms with Gasteiger partial charge in [0.2, 0.25) is 0 Å². The molecule has 0 aromatic rings. The van der Waals surface area contributed by atoms with Gasteiger partial charge in [0.15, 0.2) is 0 Å². The molecule has 0 saturated carbocycles. The van der Waals surface area contributed by atoms with E-state index < -0.39 is 0 Å². The summed E-state index contributed by atoms with van der Waals surface area (Å²) in [5, 5.41) is 12.0. The van der Waals surface area contributed by atoms with Crippen LogP contribution in [-0.4, -0.2) is 43.2 Å². The monoisotopic (exact) mass is 307 g/mol. The van der Waals surface area contributed by atoms with Crippen molar-refractivity contribution in [3.63, 3.8) is 0 Å². The van der Waals surface area contributed by atoms with Crippen LogP contribution in [-0.2, 0) is 9.53 Å². The summed E-state index contributed by atoms with van der Waals surface area (Å²) in [6, 6.07) is 2.41. The fourth-order valence-electron chi connectivity index (χ4n) is 2.44. The van der Waals surface area contributed by atoms with E-state index in [1.807, 2.05) is 6.07 Å². The van der Waals surface area contributed by atoms with E-state index in [1.54, 1.807) is 6.20 Å². The molecule has 1 fully saturated rings. The number of piperidine rings is 1. The van der Waals surface area contributed by atoms with Gasteiger partial charge < -0.3 is 15.0 Å². The number of nitrogens with one attached hydrogen (secondary N) is 1. The summed E-state index contributed by atoms with van der Waals surface area (Å²) in [6.07, 6.45) is 8.15. The van der Waals surface area contributed by atoms with Crippen molar-refractivity contribution in [2.45, 2.75) is 58.4 Å². The largest absolute Gasteiger partial charge is 0.381 e. The molecular weight excluding hydrogens is 278 g/mol. The third-order valence-electron chi connectivity index (χ3n) is 3.91. The third kappa shape index (κ3) is 6.95. The van der Waals surface area contributed by atoms with Crippen molar-refractivity contribution in [2.24, 2.45) is 0 Å². The van der Waals surface area contributed by atoms with Gasteiger partial charge in [-0.1, -0.05) is 13.3 Å². The lowest BCUT2D eigenvalue weighted by Gasteiger charge is -2.32. The number of rotatable bonds is 9. The molecule has 1 saturated heterocycles. The zero-order valence-electron chi connectivity index (χ0n) is 13.9. The fraction of sp³-hybridized carbons (Fsp3) is 0.765. The number of hydrogen-bond acceptors (Lipinski definition) is 4. The number of nitriles is 1. The van der Waals surface area contributed by atoms with Crippen LogP contribution in [0.2, 0.25) is 0 Å². The predicted molar refractivity (Wildman–Crippen MR) is 87.1 cm³/mol. The number of carbonyl (C=O) groups is 1. The van der Waals surface area contributed by atoms with E-state index in [4.69, 9.17) is 4.74 Å². The van der Waals surface area contributed by atoms with Gasteiger partial charge in [0, 0.05) is 38.5 Å². The Labute approximate surface area is 134 Å². The number of nitrogens with zero attached hydrogens (tertiary/aromatic N) is 2. The summed E-state index contributed by atoms with van der Waals surface area (Å²) in [7, 11) is 0. The van der Waals surface area contributed by atoms with Crippen LogP contribution in [0.25, 0.3) is 0 Å². The van der Waals surface area contributed by atoms with Gasteiger partial charge in [-0.15, -0.1) is 0 Å². The van der Waals surface area contributed by atoms with E-state index in [2.05, 4.69) is 24.1 Å². The molecule has 0 aromatic carbocycles. The van der Waals surface area contributed by atoms with E-state index in [0.29, 0.717) is 19.2 Å². The van der Waals surface area contributed by atoms with Crippen LogP contribution in [0.4, 0.5) is 0 Å². The Morgan fingerprint density at radius 1 is 1.41 bits per heavy atom. The van der Waals surface area contributed by atoms with Crippen LogP contribution < -0.4 is 5.32 Å². The molecule has 0 spiro atoms. The molecule has 1 atom stereocenters. The maximum Gasteiger partial charge on any atom is 0.263 e. The first-order valence-corrected chi connectivity index (χ1v) is 8.42. The smallest absolute Gasteiger partial charge is 0.263 e. The molecule has 1 heterocycles. The van der Waals surface area contributed by atoms with Gasteiger partial charge in [-0.25, -0.2) is 0 Å². The molecule has 124 valence electrons. The lowest BCUT2D eigenvalue weighted by Crippen LogP contribution is -2.35. The minimum Gasteiger partial charge on any atom is -0.381 e. The van der Waals surface area contributed by atoms with Gasteiger partial charge in [0.05, 0.1) is 0 Å². The first-order chi connectivity index (χ1) is 10.7. The SMILES string of the molecule is CCCCOCCCNC(=O)/C(C#N)=C\N1CCCCC1C. The predicted octanol–water partition coefficient (Wildman–Crippen LogP) is 2.59. The van der Waals surface area contributed by atoms with Crippen LogP contribution in [0.3, 0.4) is 0 Å². The summed E-state index contributed by atoms with van der Waals surface area (Å²) in [4.78, 5) is 14.1. The minimum absolute atomic E-state index is 0.195. The topological polar surface area (TPSA) is 65.4 Å². The van der Waals surface area contributed by atoms with Gasteiger partial charge in [0.1, 0.15) is 11.6 Å². The number of likely N-dealkylation sites (tertiary alicyclic amines) is 1. The molecule has 0 aromatic heterocycles. The molecule has 1 aliphatic heterocycles. The second-order valence-electron chi connectivity index (χ2n) is 5.81. The number of hydrogen-bond donors (Lipinski definition) is 1.